The van der Waals surface area contributed by atoms with Gasteiger partial charge in [0.25, 0.3) is 10.0 Å². The average Bonchev–Trinajstić information content (AvgIpc) is 2.55. The average molecular weight is 267 g/mol. The molecule has 1 aromatic heterocycles. The summed E-state index contributed by atoms with van der Waals surface area (Å²) in [7, 11) is -0.551. The topological polar surface area (TPSA) is 81.2 Å². The number of nitrogens with two attached hydrogens (primary N) is 1. The maximum absolute atomic E-state index is 12.1. The van der Waals surface area contributed by atoms with E-state index in [1.165, 1.54) is 29.3 Å². The molecule has 0 fully saturated rings. The van der Waals surface area contributed by atoms with Crippen LogP contribution in [-0.2, 0) is 17.1 Å². The van der Waals surface area contributed by atoms with Gasteiger partial charge >= 0.3 is 0 Å². The highest BCUT2D eigenvalue weighted by atomic mass is 35.5. The van der Waals surface area contributed by atoms with E-state index in [1.54, 1.807) is 0 Å². The van der Waals surface area contributed by atoms with E-state index in [0.717, 1.165) is 0 Å². The highest BCUT2D eigenvalue weighted by molar-refractivity contribution is 7.89. The molecule has 0 bridgehead atoms. The lowest BCUT2D eigenvalue weighted by Gasteiger charge is -2.16. The van der Waals surface area contributed by atoms with E-state index in [1.807, 2.05) is 0 Å². The largest absolute Gasteiger partial charge is 0.330 e. The molecule has 92 valence electrons. The Bertz CT molecular complexity index is 437. The van der Waals surface area contributed by atoms with E-state index >= 15 is 0 Å². The van der Waals surface area contributed by atoms with Crippen LogP contribution in [0.4, 0.5) is 0 Å². The quantitative estimate of drug-likeness (QED) is 0.816. The summed E-state index contributed by atoms with van der Waals surface area (Å²) in [4.78, 5) is 0. The molecular weight excluding hydrogens is 252 g/mol. The van der Waals surface area contributed by atoms with Crippen molar-refractivity contribution in [1.82, 2.24) is 14.1 Å². The molecule has 0 aliphatic carbocycles. The molecule has 0 spiro atoms. The smallest absolute Gasteiger partial charge is 0.261 e. The zero-order valence-corrected chi connectivity index (χ0v) is 10.8. The monoisotopic (exact) mass is 266 g/mol. The Kier molecular flexibility index (Phi) is 4.31. The van der Waals surface area contributed by atoms with Crippen molar-refractivity contribution >= 4 is 21.6 Å². The number of nitrogens with zero attached hydrogens (tertiary/aromatic N) is 3. The summed E-state index contributed by atoms with van der Waals surface area (Å²) in [5.41, 5.74) is 5.33. The molecule has 1 rings (SSSR count). The van der Waals surface area contributed by atoms with Crippen LogP contribution in [-0.4, -0.2) is 42.6 Å². The van der Waals surface area contributed by atoms with Crippen LogP contribution < -0.4 is 5.73 Å². The lowest BCUT2D eigenvalue weighted by atomic mass is 10.4. The predicted molar refractivity (Wildman–Crippen MR) is 61.7 cm³/mol. The molecule has 0 atom stereocenters. The van der Waals surface area contributed by atoms with Crippen molar-refractivity contribution in [3.8, 4) is 0 Å². The Labute approximate surface area is 100 Å². The summed E-state index contributed by atoms with van der Waals surface area (Å²) in [5.74, 6) is 0. The molecule has 16 heavy (non-hydrogen) atoms. The van der Waals surface area contributed by atoms with E-state index in [4.69, 9.17) is 17.3 Å². The van der Waals surface area contributed by atoms with Crippen molar-refractivity contribution in [3.05, 3.63) is 11.2 Å². The normalized spacial score (nSPS) is 12.3. The second-order valence-corrected chi connectivity index (χ2v) is 5.76. The van der Waals surface area contributed by atoms with Crippen molar-refractivity contribution in [3.63, 3.8) is 0 Å². The van der Waals surface area contributed by atoms with Crippen molar-refractivity contribution in [2.45, 2.75) is 11.4 Å². The minimum absolute atomic E-state index is 0.00804. The third-order valence-corrected chi connectivity index (χ3v) is 4.54. The molecule has 0 radical (unpaired) electrons. The van der Waals surface area contributed by atoms with Crippen molar-refractivity contribution in [2.24, 2.45) is 12.8 Å². The molecule has 0 saturated carbocycles. The summed E-state index contributed by atoms with van der Waals surface area (Å²) < 4.78 is 26.6. The molecule has 1 aromatic rings. The van der Waals surface area contributed by atoms with Crippen LogP contribution in [0.5, 0.6) is 0 Å². The van der Waals surface area contributed by atoms with Crippen molar-refractivity contribution in [1.29, 1.82) is 0 Å². The second-order valence-electron chi connectivity index (χ2n) is 3.39. The second kappa shape index (κ2) is 5.13. The molecule has 0 unspecified atom stereocenters. The molecule has 0 amide bonds. The maximum atomic E-state index is 12.1. The van der Waals surface area contributed by atoms with Gasteiger partial charge in [-0.25, -0.2) is 8.42 Å². The van der Waals surface area contributed by atoms with Crippen LogP contribution in [0.2, 0.25) is 5.02 Å². The Morgan fingerprint density at radius 2 is 2.25 bits per heavy atom. The predicted octanol–water partition coefficient (Wildman–Crippen LogP) is 0.0428. The lowest BCUT2D eigenvalue weighted by Crippen LogP contribution is -2.30. The third kappa shape index (κ3) is 2.54. The van der Waals surface area contributed by atoms with Crippen LogP contribution in [0.3, 0.4) is 0 Å². The van der Waals surface area contributed by atoms with Gasteiger partial charge < -0.3 is 5.73 Å². The van der Waals surface area contributed by atoms with E-state index < -0.39 is 10.0 Å². The number of hydrogen-bond acceptors (Lipinski definition) is 4. The number of hydrogen-bond donors (Lipinski definition) is 1. The highest BCUT2D eigenvalue weighted by Gasteiger charge is 2.26. The molecule has 8 heteroatoms. The van der Waals surface area contributed by atoms with Crippen molar-refractivity contribution in [2.75, 3.05) is 20.1 Å². The molecule has 2 N–H and O–H groups in total. The van der Waals surface area contributed by atoms with Gasteiger partial charge in [-0.05, 0) is 13.0 Å². The van der Waals surface area contributed by atoms with Crippen LogP contribution in [0.1, 0.15) is 6.42 Å². The van der Waals surface area contributed by atoms with Gasteiger partial charge in [-0.3, -0.25) is 4.68 Å². The molecule has 0 aliphatic rings. The molecule has 0 aliphatic heterocycles. The van der Waals surface area contributed by atoms with Crippen molar-refractivity contribution < 1.29 is 8.42 Å². The van der Waals surface area contributed by atoms with Crippen LogP contribution in [0.25, 0.3) is 0 Å². The highest BCUT2D eigenvalue weighted by Crippen LogP contribution is 2.22. The molecular formula is C8H15ClN4O2S. The Morgan fingerprint density at radius 3 is 2.69 bits per heavy atom. The third-order valence-electron chi connectivity index (χ3n) is 2.17. The molecule has 6 nitrogen and oxygen atoms in total. The van der Waals surface area contributed by atoms with Gasteiger partial charge in [-0.1, -0.05) is 11.6 Å². The van der Waals surface area contributed by atoms with E-state index in [0.29, 0.717) is 19.5 Å². The van der Waals surface area contributed by atoms with Crippen LogP contribution in [0.15, 0.2) is 11.2 Å². The molecule has 0 aromatic carbocycles. The van der Waals surface area contributed by atoms with Gasteiger partial charge in [0.1, 0.15) is 0 Å². The minimum Gasteiger partial charge on any atom is -0.330 e. The standard InChI is InChI=1S/C8H15ClN4O2S/c1-12(5-3-4-10)16(14,15)8-7(9)6-11-13(8)2/h6H,3-5,10H2,1-2H3. The number of halogens is 1. The van der Waals surface area contributed by atoms with Gasteiger partial charge in [-0.2, -0.15) is 9.40 Å². The molecule has 1 heterocycles. The number of aromatic nitrogens is 2. The fourth-order valence-corrected chi connectivity index (χ4v) is 3.07. The summed E-state index contributed by atoms with van der Waals surface area (Å²) in [6, 6.07) is 0. The SMILES string of the molecule is CN(CCCN)S(=O)(=O)c1c(Cl)cnn1C. The lowest BCUT2D eigenvalue weighted by molar-refractivity contribution is 0.455. The minimum atomic E-state index is -3.58. The van der Waals surface area contributed by atoms with Gasteiger partial charge in [0, 0.05) is 20.6 Å². The molecule has 0 saturated heterocycles. The first kappa shape index (κ1) is 13.4. The van der Waals surface area contributed by atoms with E-state index in [9.17, 15) is 8.42 Å². The Morgan fingerprint density at radius 1 is 1.62 bits per heavy atom. The van der Waals surface area contributed by atoms with E-state index in [2.05, 4.69) is 5.10 Å². The number of aryl methyl sites for hydroxylation is 1. The first-order valence-corrected chi connectivity index (χ1v) is 6.57. The summed E-state index contributed by atoms with van der Waals surface area (Å²) in [6.45, 7) is 0.805. The Hall–Kier alpha value is -0.630. The van der Waals surface area contributed by atoms with Crippen LogP contribution >= 0.6 is 11.6 Å². The summed E-state index contributed by atoms with van der Waals surface area (Å²) >= 11 is 5.79. The number of sulfonamides is 1. The summed E-state index contributed by atoms with van der Waals surface area (Å²) in [6.07, 6.45) is 1.91. The fraction of sp³-hybridized carbons (Fsp3) is 0.625. The van der Waals surface area contributed by atoms with Gasteiger partial charge in [0.05, 0.1) is 11.2 Å². The first-order valence-electron chi connectivity index (χ1n) is 4.75. The zero-order chi connectivity index (χ0) is 12.3. The van der Waals surface area contributed by atoms with Gasteiger partial charge in [-0.15, -0.1) is 0 Å². The first-order chi connectivity index (χ1) is 7.41. The van der Waals surface area contributed by atoms with Crippen LogP contribution in [0, 0.1) is 0 Å². The fourth-order valence-electron chi connectivity index (χ4n) is 1.27. The zero-order valence-electron chi connectivity index (χ0n) is 9.22. The maximum Gasteiger partial charge on any atom is 0.261 e. The summed E-state index contributed by atoms with van der Waals surface area (Å²) in [5, 5.41) is 3.93. The number of rotatable bonds is 5. The van der Waals surface area contributed by atoms with Gasteiger partial charge in [0.2, 0.25) is 0 Å². The van der Waals surface area contributed by atoms with E-state index in [-0.39, 0.29) is 10.0 Å². The van der Waals surface area contributed by atoms with Gasteiger partial charge in [0.15, 0.2) is 5.03 Å². The Balaban J connectivity index is 3.02.